The van der Waals surface area contributed by atoms with E-state index in [0.29, 0.717) is 6.54 Å². The quantitative estimate of drug-likeness (QED) is 0.492. The van der Waals surface area contributed by atoms with Crippen molar-refractivity contribution < 1.29 is 4.74 Å². The van der Waals surface area contributed by atoms with Gasteiger partial charge in [0.05, 0.1) is 6.54 Å². The van der Waals surface area contributed by atoms with Gasteiger partial charge in [-0.15, -0.1) is 6.42 Å². The Morgan fingerprint density at radius 2 is 2.07 bits per heavy atom. The first-order valence-corrected chi connectivity index (χ1v) is 5.24. The Labute approximate surface area is 86.6 Å². The average Bonchev–Trinajstić information content (AvgIpc) is 2.18. The molecule has 0 aromatic heterocycles. The Morgan fingerprint density at radius 3 is 2.71 bits per heavy atom. The average molecular weight is 196 g/mol. The molecule has 0 spiro atoms. The zero-order valence-electron chi connectivity index (χ0n) is 8.94. The molecule has 0 amide bonds. The zero-order valence-corrected chi connectivity index (χ0v) is 8.94. The molecule has 1 aliphatic heterocycles. The van der Waals surface area contributed by atoms with Crippen LogP contribution in [0, 0.1) is 12.3 Å². The van der Waals surface area contributed by atoms with Crippen LogP contribution in [0.1, 0.15) is 19.8 Å². The smallest absolute Gasteiger partial charge is 0.0574 e. The van der Waals surface area contributed by atoms with Crippen molar-refractivity contribution in [2.45, 2.75) is 25.3 Å². The fourth-order valence-corrected chi connectivity index (χ4v) is 1.61. The van der Waals surface area contributed by atoms with Crippen molar-refractivity contribution in [2.75, 3.05) is 32.8 Å². The van der Waals surface area contributed by atoms with E-state index >= 15 is 0 Å². The molecule has 1 saturated heterocycles. The standard InChI is InChI=1S/C11H20N2O/c1-3-6-12-7-8-13-11(2)4-9-14-10-5-11/h1,12-13H,4-10H2,2H3. The monoisotopic (exact) mass is 196 g/mol. The van der Waals surface area contributed by atoms with Gasteiger partial charge < -0.3 is 15.4 Å². The molecule has 0 atom stereocenters. The van der Waals surface area contributed by atoms with Crippen molar-refractivity contribution in [1.29, 1.82) is 0 Å². The van der Waals surface area contributed by atoms with Crippen molar-refractivity contribution in [3.8, 4) is 12.3 Å². The van der Waals surface area contributed by atoms with E-state index in [-0.39, 0.29) is 5.54 Å². The third-order valence-electron chi connectivity index (χ3n) is 2.68. The first-order chi connectivity index (χ1) is 6.77. The maximum atomic E-state index is 5.33. The minimum Gasteiger partial charge on any atom is -0.381 e. The maximum absolute atomic E-state index is 5.33. The molecule has 0 aromatic rings. The van der Waals surface area contributed by atoms with Crippen molar-refractivity contribution in [3.63, 3.8) is 0 Å². The van der Waals surface area contributed by atoms with Gasteiger partial charge in [-0.1, -0.05) is 5.92 Å². The molecule has 1 aliphatic rings. The highest BCUT2D eigenvalue weighted by molar-refractivity contribution is 4.88. The van der Waals surface area contributed by atoms with E-state index in [2.05, 4.69) is 23.5 Å². The van der Waals surface area contributed by atoms with Gasteiger partial charge in [-0.25, -0.2) is 0 Å². The summed E-state index contributed by atoms with van der Waals surface area (Å²) in [6.07, 6.45) is 7.33. The highest BCUT2D eigenvalue weighted by Crippen LogP contribution is 2.18. The second kappa shape index (κ2) is 6.02. The maximum Gasteiger partial charge on any atom is 0.0574 e. The number of terminal acetylenes is 1. The SMILES string of the molecule is C#CCNCCNC1(C)CCOCC1. The third-order valence-corrected chi connectivity index (χ3v) is 2.68. The minimum atomic E-state index is 0.260. The molecule has 3 heteroatoms. The van der Waals surface area contributed by atoms with E-state index in [0.717, 1.165) is 39.1 Å². The minimum absolute atomic E-state index is 0.260. The van der Waals surface area contributed by atoms with E-state index in [1.807, 2.05) is 0 Å². The van der Waals surface area contributed by atoms with Gasteiger partial charge in [0.15, 0.2) is 0 Å². The van der Waals surface area contributed by atoms with Gasteiger partial charge in [0.2, 0.25) is 0 Å². The second-order valence-electron chi connectivity index (χ2n) is 3.98. The Kier molecular flexibility index (Phi) is 4.95. The predicted molar refractivity (Wildman–Crippen MR) is 58.2 cm³/mol. The van der Waals surface area contributed by atoms with Crippen LogP contribution < -0.4 is 10.6 Å². The number of nitrogens with one attached hydrogen (secondary N) is 2. The van der Waals surface area contributed by atoms with Crippen LogP contribution in [0.5, 0.6) is 0 Å². The fraction of sp³-hybridized carbons (Fsp3) is 0.818. The summed E-state index contributed by atoms with van der Waals surface area (Å²) < 4.78 is 5.33. The van der Waals surface area contributed by atoms with E-state index in [9.17, 15) is 0 Å². The fourth-order valence-electron chi connectivity index (χ4n) is 1.61. The van der Waals surface area contributed by atoms with Gasteiger partial charge in [-0.3, -0.25) is 0 Å². The van der Waals surface area contributed by atoms with Gasteiger partial charge in [0.1, 0.15) is 0 Å². The van der Waals surface area contributed by atoms with E-state index in [1.165, 1.54) is 0 Å². The molecular weight excluding hydrogens is 176 g/mol. The van der Waals surface area contributed by atoms with Crippen LogP contribution in [0.3, 0.4) is 0 Å². The lowest BCUT2D eigenvalue weighted by Crippen LogP contribution is -2.48. The predicted octanol–water partition coefficient (Wildman–Crippen LogP) is 0.368. The molecule has 0 radical (unpaired) electrons. The summed E-state index contributed by atoms with van der Waals surface area (Å²) in [7, 11) is 0. The van der Waals surface area contributed by atoms with Crippen LogP contribution >= 0.6 is 0 Å². The van der Waals surface area contributed by atoms with Crippen molar-refractivity contribution >= 4 is 0 Å². The lowest BCUT2D eigenvalue weighted by molar-refractivity contribution is 0.0456. The van der Waals surface area contributed by atoms with Crippen LogP contribution in [0.2, 0.25) is 0 Å². The van der Waals surface area contributed by atoms with E-state index in [4.69, 9.17) is 11.2 Å². The number of rotatable bonds is 5. The summed E-state index contributed by atoms with van der Waals surface area (Å²) >= 11 is 0. The molecule has 1 heterocycles. The van der Waals surface area contributed by atoms with E-state index in [1.54, 1.807) is 0 Å². The zero-order chi connectivity index (χ0) is 10.3. The highest BCUT2D eigenvalue weighted by atomic mass is 16.5. The van der Waals surface area contributed by atoms with Crippen LogP contribution in [-0.4, -0.2) is 38.4 Å². The molecule has 1 fully saturated rings. The molecule has 14 heavy (non-hydrogen) atoms. The van der Waals surface area contributed by atoms with Crippen molar-refractivity contribution in [2.24, 2.45) is 0 Å². The van der Waals surface area contributed by atoms with E-state index < -0.39 is 0 Å². The second-order valence-corrected chi connectivity index (χ2v) is 3.98. The first-order valence-electron chi connectivity index (χ1n) is 5.24. The molecule has 0 bridgehead atoms. The molecule has 0 saturated carbocycles. The lowest BCUT2D eigenvalue weighted by atomic mass is 9.92. The topological polar surface area (TPSA) is 33.3 Å². The number of hydrogen-bond donors (Lipinski definition) is 2. The third kappa shape index (κ3) is 4.10. The number of hydrogen-bond acceptors (Lipinski definition) is 3. The van der Waals surface area contributed by atoms with Crippen LogP contribution in [0.25, 0.3) is 0 Å². The largest absolute Gasteiger partial charge is 0.381 e. The first kappa shape index (κ1) is 11.5. The van der Waals surface area contributed by atoms with Crippen LogP contribution in [-0.2, 0) is 4.74 Å². The van der Waals surface area contributed by atoms with Gasteiger partial charge in [0.25, 0.3) is 0 Å². The Bertz CT molecular complexity index is 192. The summed E-state index contributed by atoms with van der Waals surface area (Å²) in [6, 6.07) is 0. The number of ether oxygens (including phenoxy) is 1. The molecule has 0 aromatic carbocycles. The molecule has 2 N–H and O–H groups in total. The summed E-state index contributed by atoms with van der Waals surface area (Å²) in [5.74, 6) is 2.56. The molecule has 0 aliphatic carbocycles. The van der Waals surface area contributed by atoms with Crippen molar-refractivity contribution in [3.05, 3.63) is 0 Å². The van der Waals surface area contributed by atoms with Gasteiger partial charge in [-0.2, -0.15) is 0 Å². The van der Waals surface area contributed by atoms with Gasteiger partial charge in [-0.05, 0) is 19.8 Å². The Balaban J connectivity index is 2.07. The summed E-state index contributed by atoms with van der Waals surface area (Å²) in [4.78, 5) is 0. The molecule has 1 rings (SSSR count). The van der Waals surface area contributed by atoms with Crippen LogP contribution in [0.4, 0.5) is 0 Å². The normalized spacial score (nSPS) is 20.3. The van der Waals surface area contributed by atoms with Crippen molar-refractivity contribution in [1.82, 2.24) is 10.6 Å². The summed E-state index contributed by atoms with van der Waals surface area (Å²) in [5, 5.41) is 6.71. The Hall–Kier alpha value is -0.560. The van der Waals surface area contributed by atoms with Crippen LogP contribution in [0.15, 0.2) is 0 Å². The molecular formula is C11H20N2O. The summed E-state index contributed by atoms with van der Waals surface area (Å²) in [5.41, 5.74) is 0.260. The van der Waals surface area contributed by atoms with Gasteiger partial charge >= 0.3 is 0 Å². The molecule has 3 nitrogen and oxygen atoms in total. The molecule has 80 valence electrons. The lowest BCUT2D eigenvalue weighted by Gasteiger charge is -2.34. The Morgan fingerprint density at radius 1 is 1.36 bits per heavy atom. The van der Waals surface area contributed by atoms with Gasteiger partial charge in [0, 0.05) is 31.8 Å². The summed E-state index contributed by atoms with van der Waals surface area (Å²) in [6.45, 7) is 6.57. The highest BCUT2D eigenvalue weighted by Gasteiger charge is 2.25. The molecule has 0 unspecified atom stereocenters.